The van der Waals surface area contributed by atoms with Gasteiger partial charge in [0.05, 0.1) is 13.7 Å². The van der Waals surface area contributed by atoms with Crippen LogP contribution in [0.3, 0.4) is 0 Å². The highest BCUT2D eigenvalue weighted by atomic mass is 16.5. The van der Waals surface area contributed by atoms with E-state index in [1.807, 2.05) is 84.9 Å². The Morgan fingerprint density at radius 3 is 2.14 bits per heavy atom. The van der Waals surface area contributed by atoms with Crippen LogP contribution in [-0.2, 0) is 16.1 Å². The lowest BCUT2D eigenvalue weighted by atomic mass is 9.97. The summed E-state index contributed by atoms with van der Waals surface area (Å²) in [6.45, 7) is 0.733. The first-order valence-electron chi connectivity index (χ1n) is 9.57. The second-order valence-electron chi connectivity index (χ2n) is 6.81. The van der Waals surface area contributed by atoms with E-state index in [0.717, 1.165) is 22.7 Å². The molecule has 5 nitrogen and oxygen atoms in total. The number of ether oxygens (including phenoxy) is 3. The van der Waals surface area contributed by atoms with Crippen LogP contribution in [-0.4, -0.2) is 31.8 Å². The van der Waals surface area contributed by atoms with Gasteiger partial charge in [-0.25, -0.2) is 0 Å². The Morgan fingerprint density at radius 2 is 1.48 bits per heavy atom. The van der Waals surface area contributed by atoms with Crippen molar-refractivity contribution in [3.8, 4) is 11.5 Å². The van der Waals surface area contributed by atoms with Crippen molar-refractivity contribution in [2.24, 2.45) is 0 Å². The van der Waals surface area contributed by atoms with Gasteiger partial charge in [0.25, 0.3) is 5.91 Å². The number of methoxy groups -OCH3 is 1. The van der Waals surface area contributed by atoms with Gasteiger partial charge in [-0.2, -0.15) is 0 Å². The molecular weight excluding hydrogens is 366 g/mol. The van der Waals surface area contributed by atoms with Gasteiger partial charge in [-0.1, -0.05) is 48.5 Å². The number of carbonyl (C=O) groups excluding carboxylic acids is 1. The Bertz CT molecular complexity index is 928. The molecule has 1 amide bonds. The highest BCUT2D eigenvalue weighted by molar-refractivity contribution is 6.05. The predicted octanol–water partition coefficient (Wildman–Crippen LogP) is 4.07. The van der Waals surface area contributed by atoms with E-state index >= 15 is 0 Å². The largest absolute Gasteiger partial charge is 0.497 e. The minimum atomic E-state index is -0.541. The van der Waals surface area contributed by atoms with Crippen LogP contribution in [0.5, 0.6) is 11.5 Å². The van der Waals surface area contributed by atoms with Gasteiger partial charge >= 0.3 is 0 Å². The van der Waals surface area contributed by atoms with Gasteiger partial charge in [-0.05, 0) is 42.0 Å². The Balaban J connectivity index is 1.49. The van der Waals surface area contributed by atoms with Crippen molar-refractivity contribution in [1.29, 1.82) is 0 Å². The first kappa shape index (κ1) is 19.0. The van der Waals surface area contributed by atoms with Gasteiger partial charge in [0.2, 0.25) is 0 Å². The summed E-state index contributed by atoms with van der Waals surface area (Å²) in [7, 11) is 1.62. The van der Waals surface area contributed by atoms with Crippen molar-refractivity contribution < 1.29 is 19.0 Å². The van der Waals surface area contributed by atoms with Crippen molar-refractivity contribution >= 4 is 11.6 Å². The Morgan fingerprint density at radius 1 is 0.828 bits per heavy atom. The first-order valence-corrected chi connectivity index (χ1v) is 9.57. The average molecular weight is 389 g/mol. The summed E-state index contributed by atoms with van der Waals surface area (Å²) >= 11 is 0. The first-order chi connectivity index (χ1) is 14.3. The summed E-state index contributed by atoms with van der Waals surface area (Å²) < 4.78 is 17.1. The average Bonchev–Trinajstić information content (AvgIpc) is 2.78. The maximum absolute atomic E-state index is 12.9. The summed E-state index contributed by atoms with van der Waals surface area (Å²) in [6.07, 6.45) is -0.541. The smallest absolute Gasteiger partial charge is 0.258 e. The lowest BCUT2D eigenvalue weighted by Gasteiger charge is -2.46. The zero-order chi connectivity index (χ0) is 20.1. The molecule has 0 radical (unpaired) electrons. The molecule has 2 atom stereocenters. The van der Waals surface area contributed by atoms with Crippen LogP contribution < -0.4 is 14.4 Å². The van der Waals surface area contributed by atoms with Crippen LogP contribution in [0.15, 0.2) is 84.9 Å². The van der Waals surface area contributed by atoms with Crippen LogP contribution >= 0.6 is 0 Å². The van der Waals surface area contributed by atoms with Gasteiger partial charge in [-0.3, -0.25) is 4.79 Å². The SMILES string of the molecule is COc1ccc(N2C(=O)[C@H](OCc3ccccc3)[C@@H]2COc2ccccc2)cc1. The highest BCUT2D eigenvalue weighted by Gasteiger charge is 2.49. The number of hydrogen-bond donors (Lipinski definition) is 0. The molecule has 0 aromatic heterocycles. The minimum absolute atomic E-state index is 0.0623. The van der Waals surface area contributed by atoms with E-state index in [9.17, 15) is 4.79 Å². The number of hydrogen-bond acceptors (Lipinski definition) is 4. The summed E-state index contributed by atoms with van der Waals surface area (Å²) in [5, 5.41) is 0. The number of rotatable bonds is 8. The number of nitrogens with zero attached hydrogens (tertiary/aromatic N) is 1. The van der Waals surface area contributed by atoms with Crippen molar-refractivity contribution in [3.05, 3.63) is 90.5 Å². The Hall–Kier alpha value is -3.31. The summed E-state index contributed by atoms with van der Waals surface area (Å²) in [5.74, 6) is 1.45. The number of amides is 1. The second kappa shape index (κ2) is 8.80. The van der Waals surface area contributed by atoms with Crippen molar-refractivity contribution in [3.63, 3.8) is 0 Å². The normalized spacial score (nSPS) is 18.2. The van der Waals surface area contributed by atoms with E-state index in [0.29, 0.717) is 13.2 Å². The molecule has 1 saturated heterocycles. The third-order valence-corrected chi connectivity index (χ3v) is 4.95. The number of anilines is 1. The zero-order valence-corrected chi connectivity index (χ0v) is 16.2. The van der Waals surface area contributed by atoms with E-state index in [4.69, 9.17) is 14.2 Å². The third kappa shape index (κ3) is 4.25. The Labute approximate surface area is 170 Å². The van der Waals surface area contributed by atoms with E-state index in [2.05, 4.69) is 0 Å². The van der Waals surface area contributed by atoms with Crippen LogP contribution in [0.25, 0.3) is 0 Å². The van der Waals surface area contributed by atoms with E-state index < -0.39 is 6.10 Å². The fourth-order valence-electron chi connectivity index (χ4n) is 3.38. The molecule has 3 aromatic carbocycles. The molecule has 0 spiro atoms. The highest BCUT2D eigenvalue weighted by Crippen LogP contribution is 2.32. The fraction of sp³-hybridized carbons (Fsp3) is 0.208. The molecule has 1 heterocycles. The quantitative estimate of drug-likeness (QED) is 0.545. The van der Waals surface area contributed by atoms with Gasteiger partial charge in [0.15, 0.2) is 6.10 Å². The number of benzene rings is 3. The predicted molar refractivity (Wildman–Crippen MR) is 111 cm³/mol. The molecule has 0 aliphatic carbocycles. The van der Waals surface area contributed by atoms with Crippen molar-refractivity contribution in [2.45, 2.75) is 18.8 Å². The molecule has 1 fully saturated rings. The molecule has 5 heteroatoms. The van der Waals surface area contributed by atoms with E-state index in [1.165, 1.54) is 0 Å². The number of β-lactam (4-membered cyclic amide) rings is 1. The lowest BCUT2D eigenvalue weighted by Crippen LogP contribution is -2.68. The van der Waals surface area contributed by atoms with E-state index in [1.54, 1.807) is 12.0 Å². The molecule has 3 aromatic rings. The molecule has 4 rings (SSSR count). The van der Waals surface area contributed by atoms with Crippen LogP contribution in [0.1, 0.15) is 5.56 Å². The third-order valence-electron chi connectivity index (χ3n) is 4.95. The second-order valence-corrected chi connectivity index (χ2v) is 6.81. The molecule has 0 bridgehead atoms. The van der Waals surface area contributed by atoms with Gasteiger partial charge < -0.3 is 19.1 Å². The molecule has 0 unspecified atom stereocenters. The monoisotopic (exact) mass is 389 g/mol. The maximum Gasteiger partial charge on any atom is 0.258 e. The molecule has 0 N–H and O–H groups in total. The summed E-state index contributed by atoms with van der Waals surface area (Å²) in [4.78, 5) is 14.6. The number of carbonyl (C=O) groups is 1. The van der Waals surface area contributed by atoms with Crippen LogP contribution in [0, 0.1) is 0 Å². The molecule has 1 aliphatic heterocycles. The van der Waals surface area contributed by atoms with Gasteiger partial charge in [0, 0.05) is 5.69 Å². The molecule has 0 saturated carbocycles. The molecule has 148 valence electrons. The van der Waals surface area contributed by atoms with E-state index in [-0.39, 0.29) is 11.9 Å². The summed E-state index contributed by atoms with van der Waals surface area (Å²) in [6, 6.07) is 26.7. The zero-order valence-electron chi connectivity index (χ0n) is 16.2. The maximum atomic E-state index is 12.9. The van der Waals surface area contributed by atoms with Gasteiger partial charge in [-0.15, -0.1) is 0 Å². The van der Waals surface area contributed by atoms with Gasteiger partial charge in [0.1, 0.15) is 24.1 Å². The standard InChI is InChI=1S/C24H23NO4/c1-27-20-14-12-19(13-15-20)25-22(17-28-21-10-6-3-7-11-21)23(24(25)26)29-16-18-8-4-2-5-9-18/h2-15,22-23H,16-17H2,1H3/t22-,23+/m0/s1. The van der Waals surface area contributed by atoms with Crippen LogP contribution in [0.4, 0.5) is 5.69 Å². The van der Waals surface area contributed by atoms with Crippen molar-refractivity contribution in [1.82, 2.24) is 0 Å². The fourth-order valence-corrected chi connectivity index (χ4v) is 3.38. The molecule has 29 heavy (non-hydrogen) atoms. The minimum Gasteiger partial charge on any atom is -0.497 e. The number of para-hydroxylation sites is 1. The molecular formula is C24H23NO4. The summed E-state index contributed by atoms with van der Waals surface area (Å²) in [5.41, 5.74) is 1.84. The lowest BCUT2D eigenvalue weighted by molar-refractivity contribution is -0.144. The topological polar surface area (TPSA) is 48.0 Å². The van der Waals surface area contributed by atoms with Crippen LogP contribution in [0.2, 0.25) is 0 Å². The molecule has 1 aliphatic rings. The van der Waals surface area contributed by atoms with Crippen molar-refractivity contribution in [2.75, 3.05) is 18.6 Å². The Kier molecular flexibility index (Phi) is 5.77.